The fraction of sp³-hybridized carbons (Fsp3) is 0.273. The topological polar surface area (TPSA) is 42.7 Å². The summed E-state index contributed by atoms with van der Waals surface area (Å²) in [6, 6.07) is 3.28. The fourth-order valence-corrected chi connectivity index (χ4v) is 2.43. The van der Waals surface area contributed by atoms with Crippen LogP contribution < -0.4 is 5.32 Å². The summed E-state index contributed by atoms with van der Waals surface area (Å²) < 4.78 is 1.89. The molecule has 0 saturated heterocycles. The third kappa shape index (κ3) is 2.71. The molecule has 96 valence electrons. The number of anilines is 1. The number of aromatic nitrogens is 3. The van der Waals surface area contributed by atoms with Crippen molar-refractivity contribution in [1.82, 2.24) is 14.8 Å². The number of aryl methyl sites for hydroxylation is 1. The van der Waals surface area contributed by atoms with Crippen LogP contribution in [0.15, 0.2) is 12.1 Å². The van der Waals surface area contributed by atoms with Gasteiger partial charge in [-0.1, -0.05) is 34.8 Å². The number of nitrogens with one attached hydrogen (secondary N) is 1. The van der Waals surface area contributed by atoms with E-state index in [4.69, 9.17) is 34.8 Å². The summed E-state index contributed by atoms with van der Waals surface area (Å²) in [6.45, 7) is 2.37. The Kier molecular flexibility index (Phi) is 4.00. The molecule has 1 N–H and O–H groups in total. The third-order valence-corrected chi connectivity index (χ3v) is 3.43. The molecule has 0 aliphatic heterocycles. The van der Waals surface area contributed by atoms with Gasteiger partial charge < -0.3 is 9.88 Å². The lowest BCUT2D eigenvalue weighted by Crippen LogP contribution is -2.07. The van der Waals surface area contributed by atoms with Crippen LogP contribution in [0.25, 0.3) is 0 Å². The molecule has 2 rings (SSSR count). The van der Waals surface area contributed by atoms with E-state index in [1.807, 2.05) is 18.5 Å². The number of halogens is 3. The molecule has 0 saturated carbocycles. The van der Waals surface area contributed by atoms with Gasteiger partial charge in [0.1, 0.15) is 5.82 Å². The lowest BCUT2D eigenvalue weighted by molar-refractivity contribution is 0.789. The number of benzene rings is 1. The Hall–Kier alpha value is -0.970. The monoisotopic (exact) mass is 304 g/mol. The van der Waals surface area contributed by atoms with Crippen LogP contribution in [0.2, 0.25) is 15.1 Å². The minimum Gasteiger partial charge on any atom is -0.375 e. The maximum absolute atomic E-state index is 6.07. The summed E-state index contributed by atoms with van der Waals surface area (Å²) in [7, 11) is 1.90. The molecule has 1 heterocycles. The zero-order chi connectivity index (χ0) is 13.3. The first-order valence-corrected chi connectivity index (χ1v) is 6.35. The van der Waals surface area contributed by atoms with Gasteiger partial charge in [0.25, 0.3) is 0 Å². The van der Waals surface area contributed by atoms with Gasteiger partial charge in [-0.25, -0.2) is 0 Å². The van der Waals surface area contributed by atoms with Crippen molar-refractivity contribution in [3.63, 3.8) is 0 Å². The Balaban J connectivity index is 2.18. The quantitative estimate of drug-likeness (QED) is 0.940. The van der Waals surface area contributed by atoms with Crippen molar-refractivity contribution in [3.05, 3.63) is 38.8 Å². The molecule has 4 nitrogen and oxygen atoms in total. The highest BCUT2D eigenvalue weighted by molar-refractivity contribution is 6.41. The molecule has 0 radical (unpaired) electrons. The summed E-state index contributed by atoms with van der Waals surface area (Å²) in [6.07, 6.45) is 0. The molecule has 0 amide bonds. The molecular weight excluding hydrogens is 295 g/mol. The predicted octanol–water partition coefficient (Wildman–Crippen LogP) is 3.70. The average Bonchev–Trinajstić information content (AvgIpc) is 2.59. The van der Waals surface area contributed by atoms with Crippen LogP contribution in [0.4, 0.5) is 5.69 Å². The lowest BCUT2D eigenvalue weighted by Gasteiger charge is -2.10. The van der Waals surface area contributed by atoms with Crippen LogP contribution >= 0.6 is 34.8 Å². The van der Waals surface area contributed by atoms with Crippen molar-refractivity contribution in [1.29, 1.82) is 0 Å². The highest BCUT2D eigenvalue weighted by Crippen LogP contribution is 2.33. The van der Waals surface area contributed by atoms with Gasteiger partial charge in [-0.05, 0) is 19.1 Å². The molecule has 0 aliphatic carbocycles. The zero-order valence-electron chi connectivity index (χ0n) is 9.84. The molecule has 0 unspecified atom stereocenters. The Bertz CT molecular complexity index is 557. The first-order valence-electron chi connectivity index (χ1n) is 5.22. The molecule has 0 bridgehead atoms. The average molecular weight is 306 g/mol. The normalized spacial score (nSPS) is 10.7. The number of hydrogen-bond acceptors (Lipinski definition) is 3. The van der Waals surface area contributed by atoms with Crippen LogP contribution in [0, 0.1) is 6.92 Å². The minimum atomic E-state index is 0.478. The first-order chi connectivity index (χ1) is 8.49. The Morgan fingerprint density at radius 1 is 1.17 bits per heavy atom. The van der Waals surface area contributed by atoms with Gasteiger partial charge in [0.2, 0.25) is 0 Å². The van der Waals surface area contributed by atoms with E-state index in [2.05, 4.69) is 15.5 Å². The van der Waals surface area contributed by atoms with E-state index in [1.54, 1.807) is 12.1 Å². The molecule has 0 fully saturated rings. The van der Waals surface area contributed by atoms with E-state index in [0.717, 1.165) is 11.6 Å². The van der Waals surface area contributed by atoms with Crippen LogP contribution in [0.5, 0.6) is 0 Å². The van der Waals surface area contributed by atoms with Crippen molar-refractivity contribution >= 4 is 40.5 Å². The van der Waals surface area contributed by atoms with E-state index in [-0.39, 0.29) is 0 Å². The molecule has 0 atom stereocenters. The molecule has 1 aromatic carbocycles. The van der Waals surface area contributed by atoms with Gasteiger partial charge in [0, 0.05) is 12.1 Å². The smallest absolute Gasteiger partial charge is 0.152 e. The molecule has 2 aromatic rings. The highest BCUT2D eigenvalue weighted by atomic mass is 35.5. The van der Waals surface area contributed by atoms with Gasteiger partial charge in [-0.3, -0.25) is 0 Å². The fourth-order valence-electron chi connectivity index (χ4n) is 1.48. The molecule has 1 aromatic heterocycles. The van der Waals surface area contributed by atoms with Crippen molar-refractivity contribution in [2.24, 2.45) is 7.05 Å². The van der Waals surface area contributed by atoms with Crippen LogP contribution in [-0.4, -0.2) is 14.8 Å². The maximum Gasteiger partial charge on any atom is 0.152 e. The molecular formula is C11H11Cl3N4. The summed E-state index contributed by atoms with van der Waals surface area (Å²) in [5, 5.41) is 12.6. The highest BCUT2D eigenvalue weighted by Gasteiger charge is 2.10. The van der Waals surface area contributed by atoms with E-state index in [0.29, 0.717) is 27.3 Å². The van der Waals surface area contributed by atoms with E-state index >= 15 is 0 Å². The Labute approximate surface area is 120 Å². The summed E-state index contributed by atoms with van der Waals surface area (Å²) in [5.74, 6) is 1.65. The Morgan fingerprint density at radius 2 is 1.78 bits per heavy atom. The van der Waals surface area contributed by atoms with Crippen molar-refractivity contribution in [3.8, 4) is 0 Å². The van der Waals surface area contributed by atoms with Crippen LogP contribution in [0.1, 0.15) is 11.6 Å². The van der Waals surface area contributed by atoms with Crippen molar-refractivity contribution in [2.45, 2.75) is 13.5 Å². The van der Waals surface area contributed by atoms with Gasteiger partial charge in [-0.2, -0.15) is 0 Å². The number of nitrogens with zero attached hydrogens (tertiary/aromatic N) is 3. The van der Waals surface area contributed by atoms with E-state index in [9.17, 15) is 0 Å². The zero-order valence-corrected chi connectivity index (χ0v) is 12.1. The molecule has 0 aliphatic rings. The van der Waals surface area contributed by atoms with Gasteiger partial charge in [0.05, 0.1) is 22.3 Å². The largest absolute Gasteiger partial charge is 0.375 e. The van der Waals surface area contributed by atoms with Crippen molar-refractivity contribution in [2.75, 3.05) is 5.32 Å². The lowest BCUT2D eigenvalue weighted by atomic mass is 10.3. The third-order valence-electron chi connectivity index (χ3n) is 2.61. The number of rotatable bonds is 3. The van der Waals surface area contributed by atoms with Gasteiger partial charge in [0.15, 0.2) is 5.82 Å². The summed E-state index contributed by atoms with van der Waals surface area (Å²) in [5.41, 5.74) is 0.642. The van der Waals surface area contributed by atoms with E-state index < -0.39 is 0 Å². The molecule has 18 heavy (non-hydrogen) atoms. The van der Waals surface area contributed by atoms with Crippen molar-refractivity contribution < 1.29 is 0 Å². The van der Waals surface area contributed by atoms with Crippen LogP contribution in [0.3, 0.4) is 0 Å². The predicted molar refractivity (Wildman–Crippen MR) is 74.5 cm³/mol. The second kappa shape index (κ2) is 5.34. The SMILES string of the molecule is Cc1nnc(CNc2c(Cl)cc(Cl)cc2Cl)n1C. The minimum absolute atomic E-state index is 0.478. The number of hydrogen-bond donors (Lipinski definition) is 1. The summed E-state index contributed by atoms with van der Waals surface area (Å²) >= 11 is 18.0. The summed E-state index contributed by atoms with van der Waals surface area (Å²) in [4.78, 5) is 0. The second-order valence-corrected chi connectivity index (χ2v) is 5.07. The molecule has 7 heteroatoms. The molecule has 0 spiro atoms. The maximum atomic E-state index is 6.07. The van der Waals surface area contributed by atoms with Crippen LogP contribution in [-0.2, 0) is 13.6 Å². The first kappa shape index (κ1) is 13.5. The Morgan fingerprint density at radius 3 is 2.28 bits per heavy atom. The van der Waals surface area contributed by atoms with Gasteiger partial charge in [-0.15, -0.1) is 10.2 Å². The second-order valence-electron chi connectivity index (χ2n) is 3.82. The van der Waals surface area contributed by atoms with E-state index in [1.165, 1.54) is 0 Å². The standard InChI is InChI=1S/C11H11Cl3N4/c1-6-16-17-10(18(6)2)5-15-11-8(13)3-7(12)4-9(11)14/h3-4,15H,5H2,1-2H3. The van der Waals surface area contributed by atoms with Gasteiger partial charge >= 0.3 is 0 Å².